The van der Waals surface area contributed by atoms with E-state index in [1.807, 2.05) is 30.3 Å². The highest BCUT2D eigenvalue weighted by Gasteiger charge is 2.27. The van der Waals surface area contributed by atoms with Crippen molar-refractivity contribution < 1.29 is 4.79 Å². The summed E-state index contributed by atoms with van der Waals surface area (Å²) < 4.78 is 0. The maximum atomic E-state index is 12.0. The first-order valence-corrected chi connectivity index (χ1v) is 6.90. The Morgan fingerprint density at radius 1 is 1.35 bits per heavy atom. The van der Waals surface area contributed by atoms with Crippen LogP contribution in [0.25, 0.3) is 0 Å². The van der Waals surface area contributed by atoms with Crippen LogP contribution in [0.5, 0.6) is 0 Å². The van der Waals surface area contributed by atoms with E-state index < -0.39 is 4.84 Å². The number of aliphatic imine (C=N–C) groups is 1. The van der Waals surface area contributed by atoms with Crippen molar-refractivity contribution in [3.63, 3.8) is 0 Å². The van der Waals surface area contributed by atoms with Gasteiger partial charge in [-0.15, -0.1) is 0 Å². The van der Waals surface area contributed by atoms with Crippen LogP contribution in [0.2, 0.25) is 0 Å². The first kappa shape index (κ1) is 12.7. The molecule has 0 N–H and O–H groups in total. The number of amidine groups is 1. The second-order valence-corrected chi connectivity index (χ2v) is 5.48. The number of anilines is 1. The lowest BCUT2D eigenvalue weighted by Crippen LogP contribution is -2.38. The number of carbonyl (C=O) groups is 1. The molecule has 0 radical (unpaired) electrons. The molecule has 0 spiro atoms. The second kappa shape index (κ2) is 5.76. The monoisotopic (exact) mass is 288 g/mol. The number of rotatable bonds is 2. The lowest BCUT2D eigenvalue weighted by atomic mass is 10.3. The van der Waals surface area contributed by atoms with E-state index in [2.05, 4.69) is 4.99 Å². The molecule has 17 heavy (non-hydrogen) atoms. The van der Waals surface area contributed by atoms with Gasteiger partial charge in [0.25, 0.3) is 5.91 Å². The van der Waals surface area contributed by atoms with Crippen LogP contribution in [0.1, 0.15) is 0 Å². The first-order valence-electron chi connectivity index (χ1n) is 5.04. The molecule has 2 rings (SSSR count). The van der Waals surface area contributed by atoms with Crippen molar-refractivity contribution >= 4 is 51.7 Å². The van der Waals surface area contributed by atoms with E-state index in [0.717, 1.165) is 11.4 Å². The predicted molar refractivity (Wildman–Crippen MR) is 74.2 cm³/mol. The molecule has 0 saturated heterocycles. The summed E-state index contributed by atoms with van der Waals surface area (Å²) in [5.74, 6) is 0.508. The molecule has 1 aromatic carbocycles. The lowest BCUT2D eigenvalue weighted by molar-refractivity contribution is -0.116. The van der Waals surface area contributed by atoms with Crippen molar-refractivity contribution in [1.29, 1.82) is 0 Å². The summed E-state index contributed by atoms with van der Waals surface area (Å²) in [6.45, 7) is 0.714. The van der Waals surface area contributed by atoms with Gasteiger partial charge in [-0.3, -0.25) is 14.7 Å². The maximum Gasteiger partial charge on any atom is 0.266 e. The summed E-state index contributed by atoms with van der Waals surface area (Å²) in [7, 11) is 0. The number of amides is 1. The van der Waals surface area contributed by atoms with Crippen LogP contribution in [0.15, 0.2) is 35.3 Å². The number of para-hydroxylation sites is 1. The van der Waals surface area contributed by atoms with Crippen molar-refractivity contribution in [2.45, 2.75) is 4.84 Å². The quantitative estimate of drug-likeness (QED) is 0.784. The Morgan fingerprint density at radius 3 is 2.59 bits per heavy atom. The Kier molecular flexibility index (Phi) is 4.31. The molecule has 0 atom stereocenters. The highest BCUT2D eigenvalue weighted by Crippen LogP contribution is 2.25. The lowest BCUT2D eigenvalue weighted by Gasteiger charge is -2.22. The summed E-state index contributed by atoms with van der Waals surface area (Å²) >= 11 is 12.9. The summed E-state index contributed by atoms with van der Waals surface area (Å²) in [6, 6.07) is 9.25. The van der Waals surface area contributed by atoms with Gasteiger partial charge in [0.05, 0.1) is 12.2 Å². The number of thioether (sulfide) groups is 1. The van der Waals surface area contributed by atoms with E-state index in [0.29, 0.717) is 11.7 Å². The fraction of sp³-hybridized carbons (Fsp3) is 0.273. The van der Waals surface area contributed by atoms with Crippen molar-refractivity contribution in [2.75, 3.05) is 17.2 Å². The van der Waals surface area contributed by atoms with Gasteiger partial charge in [0.15, 0.2) is 10.0 Å². The first-order chi connectivity index (χ1) is 8.20. The molecule has 0 saturated carbocycles. The smallest absolute Gasteiger partial charge is 0.266 e. The summed E-state index contributed by atoms with van der Waals surface area (Å²) in [5, 5.41) is 0.660. The third-order valence-electron chi connectivity index (χ3n) is 2.18. The molecule has 1 aliphatic rings. The molecule has 0 aromatic heterocycles. The van der Waals surface area contributed by atoms with Gasteiger partial charge in [-0.2, -0.15) is 0 Å². The molecule has 1 aromatic rings. The minimum atomic E-state index is -1.08. The van der Waals surface area contributed by atoms with Crippen molar-refractivity contribution in [2.24, 2.45) is 4.99 Å². The highest BCUT2D eigenvalue weighted by atomic mass is 35.5. The molecule has 1 aliphatic heterocycles. The topological polar surface area (TPSA) is 32.7 Å². The minimum absolute atomic E-state index is 0.368. The zero-order valence-corrected chi connectivity index (χ0v) is 11.2. The highest BCUT2D eigenvalue weighted by molar-refractivity contribution is 8.14. The Bertz CT molecular complexity index is 436. The van der Waals surface area contributed by atoms with Crippen LogP contribution in [-0.4, -0.2) is 28.2 Å². The number of halogens is 2. The van der Waals surface area contributed by atoms with E-state index in [9.17, 15) is 4.79 Å². The minimum Gasteiger partial charge on any atom is -0.271 e. The average molecular weight is 289 g/mol. The van der Waals surface area contributed by atoms with Crippen LogP contribution in [0.3, 0.4) is 0 Å². The number of hydrogen-bond acceptors (Lipinski definition) is 3. The molecular weight excluding hydrogens is 279 g/mol. The van der Waals surface area contributed by atoms with Crippen LogP contribution in [0.4, 0.5) is 5.69 Å². The molecule has 3 nitrogen and oxygen atoms in total. The molecule has 1 heterocycles. The Balaban J connectivity index is 2.34. The number of hydrogen-bond donors (Lipinski definition) is 0. The summed E-state index contributed by atoms with van der Waals surface area (Å²) in [6.07, 6.45) is 0. The van der Waals surface area contributed by atoms with Gasteiger partial charge in [0.1, 0.15) is 0 Å². The van der Waals surface area contributed by atoms with Gasteiger partial charge >= 0.3 is 0 Å². The fourth-order valence-corrected chi connectivity index (χ4v) is 2.53. The maximum absolute atomic E-state index is 12.0. The van der Waals surface area contributed by atoms with E-state index in [1.165, 1.54) is 16.7 Å². The van der Waals surface area contributed by atoms with E-state index in [-0.39, 0.29) is 5.91 Å². The van der Waals surface area contributed by atoms with Crippen LogP contribution in [0, 0.1) is 0 Å². The van der Waals surface area contributed by atoms with E-state index >= 15 is 0 Å². The molecule has 0 aliphatic carbocycles. The Labute approximate surface area is 114 Å². The van der Waals surface area contributed by atoms with Gasteiger partial charge in [-0.25, -0.2) is 0 Å². The standard InChI is InChI=1S/C11H10Cl2N2OS/c12-9(13)10(16)15(11-14-6-7-17-11)8-4-2-1-3-5-8/h1-5,9H,6-7H2. The van der Waals surface area contributed by atoms with Crippen LogP contribution >= 0.6 is 35.0 Å². The third-order valence-corrected chi connectivity index (χ3v) is 3.51. The molecule has 0 bridgehead atoms. The van der Waals surface area contributed by atoms with Crippen LogP contribution in [-0.2, 0) is 4.79 Å². The molecule has 6 heteroatoms. The van der Waals surface area contributed by atoms with Crippen molar-refractivity contribution in [3.8, 4) is 0 Å². The molecule has 90 valence electrons. The number of carbonyl (C=O) groups excluding carboxylic acids is 1. The number of benzene rings is 1. The van der Waals surface area contributed by atoms with Gasteiger partial charge in [0.2, 0.25) is 0 Å². The fourth-order valence-electron chi connectivity index (χ4n) is 1.47. The van der Waals surface area contributed by atoms with Crippen LogP contribution < -0.4 is 4.90 Å². The Hall–Kier alpha value is -0.710. The zero-order chi connectivity index (χ0) is 12.3. The molecule has 0 fully saturated rings. The van der Waals surface area contributed by atoms with Crippen molar-refractivity contribution in [3.05, 3.63) is 30.3 Å². The largest absolute Gasteiger partial charge is 0.271 e. The second-order valence-electron chi connectivity index (χ2n) is 3.32. The summed E-state index contributed by atoms with van der Waals surface area (Å²) in [4.78, 5) is 16.7. The molecule has 1 amide bonds. The average Bonchev–Trinajstić information content (AvgIpc) is 2.84. The zero-order valence-electron chi connectivity index (χ0n) is 8.85. The normalized spacial score (nSPS) is 14.9. The predicted octanol–water partition coefficient (Wildman–Crippen LogP) is 2.93. The number of alkyl halides is 2. The van der Waals surface area contributed by atoms with E-state index in [1.54, 1.807) is 0 Å². The SMILES string of the molecule is O=C(C(Cl)Cl)N(C1=NCCS1)c1ccccc1. The summed E-state index contributed by atoms with van der Waals surface area (Å²) in [5.41, 5.74) is 0.733. The molecule has 0 unspecified atom stereocenters. The van der Waals surface area contributed by atoms with Crippen molar-refractivity contribution in [1.82, 2.24) is 0 Å². The third kappa shape index (κ3) is 2.94. The Morgan fingerprint density at radius 2 is 2.06 bits per heavy atom. The van der Waals surface area contributed by atoms with Gasteiger partial charge < -0.3 is 0 Å². The number of nitrogens with zero attached hydrogens (tertiary/aromatic N) is 2. The van der Waals surface area contributed by atoms with Gasteiger partial charge in [-0.05, 0) is 12.1 Å². The van der Waals surface area contributed by atoms with Gasteiger partial charge in [0, 0.05) is 5.75 Å². The van der Waals surface area contributed by atoms with E-state index in [4.69, 9.17) is 23.2 Å². The molecular formula is C11H10Cl2N2OS. The van der Waals surface area contributed by atoms with Gasteiger partial charge in [-0.1, -0.05) is 53.2 Å².